The molecule has 3 aromatic heterocycles. The summed E-state index contributed by atoms with van der Waals surface area (Å²) in [6, 6.07) is 8.62. The molecule has 0 saturated carbocycles. The fourth-order valence-electron chi connectivity index (χ4n) is 4.88. The largest absolute Gasteiger partial charge is 0.490 e. The Morgan fingerprint density at radius 2 is 2.02 bits per heavy atom. The molecule has 0 bridgehead atoms. The van der Waals surface area contributed by atoms with E-state index in [4.69, 9.17) is 4.74 Å². The number of aldehydes is 1. The zero-order chi connectivity index (χ0) is 29.6. The maximum Gasteiger partial charge on any atom is 0.328 e. The van der Waals surface area contributed by atoms with E-state index in [9.17, 15) is 14.4 Å². The summed E-state index contributed by atoms with van der Waals surface area (Å²) in [6.45, 7) is 6.26. The highest BCUT2D eigenvalue weighted by Gasteiger charge is 2.28. The van der Waals surface area contributed by atoms with Crippen LogP contribution in [0.4, 0.5) is 16.4 Å². The van der Waals surface area contributed by atoms with E-state index in [0.717, 1.165) is 18.5 Å². The number of fused-ring (bicyclic) bond motifs is 1. The van der Waals surface area contributed by atoms with Crippen LogP contribution in [-0.2, 0) is 17.8 Å². The molecule has 3 amide bonds. The second kappa shape index (κ2) is 12.8. The van der Waals surface area contributed by atoms with E-state index in [2.05, 4.69) is 32.1 Å². The zero-order valence-electron chi connectivity index (χ0n) is 24.0. The number of ether oxygens (including phenoxy) is 1. The van der Waals surface area contributed by atoms with Gasteiger partial charge in [-0.2, -0.15) is 0 Å². The van der Waals surface area contributed by atoms with E-state index in [1.54, 1.807) is 23.4 Å². The van der Waals surface area contributed by atoms with Gasteiger partial charge in [0.15, 0.2) is 6.29 Å². The highest BCUT2D eigenvalue weighted by Crippen LogP contribution is 2.29. The quantitative estimate of drug-likeness (QED) is 0.356. The Labute approximate surface area is 244 Å². The number of aryl methyl sites for hydroxylation is 1. The Kier molecular flexibility index (Phi) is 8.74. The number of urea groups is 1. The van der Waals surface area contributed by atoms with Gasteiger partial charge in [-0.1, -0.05) is 12.0 Å². The van der Waals surface area contributed by atoms with Gasteiger partial charge in [0.05, 0.1) is 18.2 Å². The number of aromatic nitrogens is 3. The fourth-order valence-corrected chi connectivity index (χ4v) is 4.88. The van der Waals surface area contributed by atoms with Crippen LogP contribution in [0, 0.1) is 11.8 Å². The van der Waals surface area contributed by atoms with E-state index < -0.39 is 6.03 Å². The fraction of sp³-hybridized carbons (Fsp3) is 0.355. The molecule has 1 N–H and O–H groups in total. The number of carbonyl (C=O) groups excluding carboxylic acids is 3. The van der Waals surface area contributed by atoms with Gasteiger partial charge in [0, 0.05) is 50.2 Å². The Morgan fingerprint density at radius 3 is 2.76 bits per heavy atom. The predicted molar refractivity (Wildman–Crippen MR) is 157 cm³/mol. The van der Waals surface area contributed by atoms with E-state index in [1.807, 2.05) is 50.1 Å². The van der Waals surface area contributed by atoms with Crippen molar-refractivity contribution in [3.63, 3.8) is 0 Å². The van der Waals surface area contributed by atoms with Crippen LogP contribution in [0.2, 0.25) is 0 Å². The number of hydrogen-bond donors (Lipinski definition) is 1. The van der Waals surface area contributed by atoms with Crippen LogP contribution in [0.25, 0.3) is 0 Å². The van der Waals surface area contributed by atoms with Crippen molar-refractivity contribution in [1.82, 2.24) is 24.8 Å². The third kappa shape index (κ3) is 6.72. The number of pyridine rings is 3. The SMILES string of the molecule is CC(C)Oc1cc(NC(=O)N2CCCc3cc(CN4CCN(C)CC4=O)c(C=O)nc32)ncc1C#Cc1ccccn1. The molecule has 42 heavy (non-hydrogen) atoms. The predicted octanol–water partition coefficient (Wildman–Crippen LogP) is 3.13. The van der Waals surface area contributed by atoms with Crippen molar-refractivity contribution in [1.29, 1.82) is 0 Å². The van der Waals surface area contributed by atoms with E-state index in [1.165, 1.54) is 4.90 Å². The van der Waals surface area contributed by atoms with Crippen molar-refractivity contribution in [3.05, 3.63) is 70.8 Å². The molecular weight excluding hydrogens is 534 g/mol. The van der Waals surface area contributed by atoms with Gasteiger partial charge in [-0.3, -0.25) is 24.7 Å². The number of amides is 3. The van der Waals surface area contributed by atoms with Crippen LogP contribution in [0.3, 0.4) is 0 Å². The average molecular weight is 568 g/mol. The number of piperazine rings is 1. The Hall–Kier alpha value is -4.82. The van der Waals surface area contributed by atoms with Crippen LogP contribution in [0.1, 0.15) is 53.1 Å². The van der Waals surface area contributed by atoms with Crippen LogP contribution >= 0.6 is 0 Å². The summed E-state index contributed by atoms with van der Waals surface area (Å²) in [6.07, 6.45) is 5.23. The lowest BCUT2D eigenvalue weighted by atomic mass is 10.0. The molecule has 5 rings (SSSR count). The lowest BCUT2D eigenvalue weighted by Crippen LogP contribution is -2.48. The van der Waals surface area contributed by atoms with Crippen molar-refractivity contribution in [2.45, 2.75) is 39.3 Å². The maximum absolute atomic E-state index is 13.4. The second-order valence-electron chi connectivity index (χ2n) is 10.6. The van der Waals surface area contributed by atoms with Gasteiger partial charge >= 0.3 is 6.03 Å². The second-order valence-corrected chi connectivity index (χ2v) is 10.6. The summed E-state index contributed by atoms with van der Waals surface area (Å²) < 4.78 is 5.97. The Bertz CT molecular complexity index is 1550. The molecule has 0 unspecified atom stereocenters. The first kappa shape index (κ1) is 28.7. The minimum absolute atomic E-state index is 0.0152. The molecule has 5 heterocycles. The summed E-state index contributed by atoms with van der Waals surface area (Å²) >= 11 is 0. The smallest absolute Gasteiger partial charge is 0.328 e. The number of rotatable bonds is 6. The molecule has 11 nitrogen and oxygen atoms in total. The van der Waals surface area contributed by atoms with Crippen LogP contribution in [-0.4, -0.2) is 82.3 Å². The summed E-state index contributed by atoms with van der Waals surface area (Å²) in [5.41, 5.74) is 2.95. The number of hydrogen-bond acceptors (Lipinski definition) is 8. The molecule has 0 aromatic carbocycles. The normalized spacial score (nSPS) is 15.1. The monoisotopic (exact) mass is 567 g/mol. The van der Waals surface area contributed by atoms with Crippen LogP contribution < -0.4 is 15.0 Å². The third-order valence-electron chi connectivity index (χ3n) is 6.96. The molecular formula is C31H33N7O4. The molecule has 0 aliphatic carbocycles. The summed E-state index contributed by atoms with van der Waals surface area (Å²) in [5, 5.41) is 2.84. The van der Waals surface area contributed by atoms with Gasteiger partial charge in [0.25, 0.3) is 0 Å². The highest BCUT2D eigenvalue weighted by atomic mass is 16.5. The highest BCUT2D eigenvalue weighted by molar-refractivity contribution is 6.01. The Morgan fingerprint density at radius 1 is 1.17 bits per heavy atom. The van der Waals surface area contributed by atoms with E-state index >= 15 is 0 Å². The van der Waals surface area contributed by atoms with Crippen molar-refractivity contribution in [3.8, 4) is 17.6 Å². The van der Waals surface area contributed by atoms with Crippen LogP contribution in [0.5, 0.6) is 5.75 Å². The molecule has 0 atom stereocenters. The lowest BCUT2D eigenvalue weighted by Gasteiger charge is -2.33. The molecule has 0 radical (unpaired) electrons. The summed E-state index contributed by atoms with van der Waals surface area (Å²) in [4.78, 5) is 56.4. The van der Waals surface area contributed by atoms with Crippen molar-refractivity contribution < 1.29 is 19.1 Å². The van der Waals surface area contributed by atoms with Crippen LogP contribution in [0.15, 0.2) is 42.7 Å². The molecule has 2 aliphatic rings. The van der Waals surface area contributed by atoms with Gasteiger partial charge < -0.3 is 9.64 Å². The first-order chi connectivity index (χ1) is 20.3. The summed E-state index contributed by atoms with van der Waals surface area (Å²) in [7, 11) is 1.91. The molecule has 1 fully saturated rings. The van der Waals surface area contributed by atoms with Gasteiger partial charge in [-0.15, -0.1) is 0 Å². The van der Waals surface area contributed by atoms with E-state index in [-0.39, 0.29) is 17.7 Å². The van der Waals surface area contributed by atoms with Crippen molar-refractivity contribution in [2.75, 3.05) is 43.4 Å². The minimum atomic E-state index is -0.419. The van der Waals surface area contributed by atoms with E-state index in [0.29, 0.717) is 73.1 Å². The third-order valence-corrected chi connectivity index (χ3v) is 6.96. The first-order valence-corrected chi connectivity index (χ1v) is 13.9. The zero-order valence-corrected chi connectivity index (χ0v) is 24.0. The Balaban J connectivity index is 1.36. The number of nitrogens with zero attached hydrogens (tertiary/aromatic N) is 6. The standard InChI is InChI=1S/C31H33N7O4/c1-21(2)42-27-16-28(33-17-23(27)9-10-25-8-4-5-11-32-25)35-31(41)38-12-6-7-22-15-24(26(20-39)34-30(22)38)18-37-14-13-36(3)19-29(37)40/h4-5,8,11,15-17,20-21H,6-7,12-14,18-19H2,1-3H3,(H,33,35,41). The number of likely N-dealkylation sites (N-methyl/N-ethyl adjacent to an activating group) is 1. The number of anilines is 2. The minimum Gasteiger partial charge on any atom is -0.490 e. The van der Waals surface area contributed by atoms with Gasteiger partial charge in [-0.05, 0) is 63.4 Å². The van der Waals surface area contributed by atoms with Gasteiger partial charge in [0.2, 0.25) is 5.91 Å². The van der Waals surface area contributed by atoms with Crippen molar-refractivity contribution in [2.24, 2.45) is 0 Å². The molecule has 3 aromatic rings. The van der Waals surface area contributed by atoms with Gasteiger partial charge in [-0.25, -0.2) is 19.7 Å². The lowest BCUT2D eigenvalue weighted by molar-refractivity contribution is -0.136. The van der Waals surface area contributed by atoms with Crippen molar-refractivity contribution >= 4 is 29.9 Å². The summed E-state index contributed by atoms with van der Waals surface area (Å²) in [5.74, 6) is 7.29. The average Bonchev–Trinajstić information content (AvgIpc) is 2.97. The molecule has 216 valence electrons. The molecule has 0 spiro atoms. The molecule has 1 saturated heterocycles. The number of nitrogens with one attached hydrogen (secondary N) is 1. The molecule has 2 aliphatic heterocycles. The molecule has 11 heteroatoms. The first-order valence-electron chi connectivity index (χ1n) is 13.9. The maximum atomic E-state index is 13.4. The number of carbonyl (C=O) groups is 3. The topological polar surface area (TPSA) is 121 Å². The van der Waals surface area contributed by atoms with Gasteiger partial charge in [0.1, 0.15) is 28.8 Å².